The molecule has 2 atom stereocenters. The molecule has 29 heavy (non-hydrogen) atoms. The third kappa shape index (κ3) is 6.68. The van der Waals surface area contributed by atoms with E-state index in [1.807, 2.05) is 18.3 Å². The van der Waals surface area contributed by atoms with Crippen LogP contribution in [0.5, 0.6) is 5.75 Å². The van der Waals surface area contributed by atoms with Crippen molar-refractivity contribution in [2.24, 2.45) is 10.9 Å². The number of aryl methyl sites for hydroxylation is 1. The van der Waals surface area contributed by atoms with Crippen molar-refractivity contribution < 1.29 is 26.0 Å². The molecule has 1 fully saturated rings. The molecule has 0 saturated heterocycles. The van der Waals surface area contributed by atoms with Gasteiger partial charge in [0.15, 0.2) is 0 Å². The zero-order valence-electron chi connectivity index (χ0n) is 17.8. The standard InChI is InChI=1S/C24H31NO.2ClH.Zr/c1-17-14-19(16-25-22-13-9-8-10-18(22)2)23(26)21(15-17)24(3,4)20-11-6-5-7-12-20;;;/h5-7,11-12,14-16,18,22,26H,8-10,13H2,1-4H3;2*1H;/q;;;+2/p-2. The normalized spacial score (nSPS) is 19.5. The van der Waals surface area contributed by atoms with Crippen LogP contribution in [-0.2, 0) is 26.3 Å². The van der Waals surface area contributed by atoms with Gasteiger partial charge in [-0.15, -0.1) is 0 Å². The van der Waals surface area contributed by atoms with Crippen LogP contribution in [0.25, 0.3) is 0 Å². The predicted octanol–water partition coefficient (Wildman–Crippen LogP) is 7.40. The molecule has 1 aliphatic rings. The Hall–Kier alpha value is -0.627. The van der Waals surface area contributed by atoms with Gasteiger partial charge in [-0.25, -0.2) is 0 Å². The Morgan fingerprint density at radius 3 is 2.34 bits per heavy atom. The van der Waals surface area contributed by atoms with Crippen LogP contribution in [0.2, 0.25) is 0 Å². The van der Waals surface area contributed by atoms with Gasteiger partial charge >= 0.3 is 37.9 Å². The van der Waals surface area contributed by atoms with Crippen LogP contribution in [0.3, 0.4) is 0 Å². The summed E-state index contributed by atoms with van der Waals surface area (Å²) in [4.78, 5) is 4.85. The summed E-state index contributed by atoms with van der Waals surface area (Å²) in [5, 5.41) is 11.0. The minimum atomic E-state index is -0.826. The van der Waals surface area contributed by atoms with E-state index in [-0.39, 0.29) is 5.41 Å². The maximum atomic E-state index is 11.0. The number of halogens is 2. The van der Waals surface area contributed by atoms with Crippen LogP contribution < -0.4 is 0 Å². The van der Waals surface area contributed by atoms with Gasteiger partial charge in [0.1, 0.15) is 5.75 Å². The van der Waals surface area contributed by atoms with Crippen LogP contribution in [0.4, 0.5) is 0 Å². The number of phenols is 1. The molecule has 1 saturated carbocycles. The fourth-order valence-electron chi connectivity index (χ4n) is 4.09. The van der Waals surface area contributed by atoms with Gasteiger partial charge in [0.05, 0.1) is 6.04 Å². The van der Waals surface area contributed by atoms with E-state index in [9.17, 15) is 5.11 Å². The van der Waals surface area contributed by atoms with Crippen molar-refractivity contribution in [1.29, 1.82) is 0 Å². The van der Waals surface area contributed by atoms with Crippen LogP contribution in [0, 0.1) is 12.8 Å². The van der Waals surface area contributed by atoms with Crippen molar-refractivity contribution in [2.45, 2.75) is 64.8 Å². The van der Waals surface area contributed by atoms with Crippen molar-refractivity contribution in [1.82, 2.24) is 0 Å². The average Bonchev–Trinajstić information content (AvgIpc) is 2.70. The molecule has 1 aliphatic carbocycles. The number of phenolic OH excluding ortho intramolecular Hbond substituents is 1. The first-order valence-corrected chi connectivity index (χ1v) is 16.5. The topological polar surface area (TPSA) is 32.6 Å². The Morgan fingerprint density at radius 1 is 1.10 bits per heavy atom. The molecule has 0 bridgehead atoms. The van der Waals surface area contributed by atoms with E-state index in [2.05, 4.69) is 58.0 Å². The maximum absolute atomic E-state index is 11.0. The zero-order chi connectivity index (χ0) is 21.4. The van der Waals surface area contributed by atoms with E-state index in [1.54, 1.807) is 0 Å². The Kier molecular flexibility index (Phi) is 9.92. The van der Waals surface area contributed by atoms with E-state index >= 15 is 0 Å². The Labute approximate surface area is 194 Å². The molecule has 2 unspecified atom stereocenters. The molecule has 5 heteroatoms. The summed E-state index contributed by atoms with van der Waals surface area (Å²) >= 11 is -0.826. The molecule has 2 aromatic carbocycles. The van der Waals surface area contributed by atoms with E-state index < -0.39 is 20.8 Å². The number of benzene rings is 2. The van der Waals surface area contributed by atoms with Gasteiger partial charge in [-0.3, -0.25) is 4.99 Å². The second-order valence-corrected chi connectivity index (χ2v) is 12.2. The average molecular weight is 512 g/mol. The van der Waals surface area contributed by atoms with E-state index in [4.69, 9.17) is 22.0 Å². The first kappa shape index (κ1) is 24.6. The summed E-state index contributed by atoms with van der Waals surface area (Å²) in [6.45, 7) is 8.72. The van der Waals surface area contributed by atoms with Crippen LogP contribution >= 0.6 is 17.0 Å². The van der Waals surface area contributed by atoms with Gasteiger partial charge in [0.25, 0.3) is 0 Å². The quantitative estimate of drug-likeness (QED) is 0.426. The SMILES string of the molecule is Cc1cc(C=NC2CCCCC2C)c(O)c(C(C)(C)c2ccccc2)c1.[Cl][Zr][Cl]. The van der Waals surface area contributed by atoms with Gasteiger partial charge in [0, 0.05) is 22.8 Å². The van der Waals surface area contributed by atoms with Gasteiger partial charge in [-0.1, -0.05) is 70.0 Å². The summed E-state index contributed by atoms with van der Waals surface area (Å²) in [5.41, 5.74) is 3.88. The molecule has 156 valence electrons. The molecule has 0 spiro atoms. The Bertz CT molecular complexity index is 808. The van der Waals surface area contributed by atoms with Crippen molar-refractivity contribution in [3.63, 3.8) is 0 Å². The van der Waals surface area contributed by atoms with E-state index in [1.165, 1.54) is 24.8 Å². The molecule has 0 radical (unpaired) electrons. The molecule has 0 heterocycles. The number of hydrogen-bond acceptors (Lipinski definition) is 2. The van der Waals surface area contributed by atoms with Crippen LogP contribution in [0.1, 0.15) is 68.7 Å². The van der Waals surface area contributed by atoms with E-state index in [0.717, 1.165) is 23.1 Å². The predicted molar refractivity (Wildman–Crippen MR) is 122 cm³/mol. The van der Waals surface area contributed by atoms with Gasteiger partial charge in [0.2, 0.25) is 0 Å². The first-order valence-electron chi connectivity index (χ1n) is 10.2. The van der Waals surface area contributed by atoms with Gasteiger partial charge in [-0.2, -0.15) is 0 Å². The monoisotopic (exact) mass is 509 g/mol. The van der Waals surface area contributed by atoms with Crippen molar-refractivity contribution in [2.75, 3.05) is 0 Å². The molecule has 0 aromatic heterocycles. The van der Waals surface area contributed by atoms with Crippen molar-refractivity contribution >= 4 is 23.2 Å². The number of hydrogen-bond donors (Lipinski definition) is 1. The second kappa shape index (κ2) is 11.7. The molecule has 2 aromatic rings. The minimum absolute atomic E-state index is 0.266. The van der Waals surface area contributed by atoms with Crippen molar-refractivity contribution in [3.05, 3.63) is 64.7 Å². The third-order valence-electron chi connectivity index (χ3n) is 5.92. The number of aliphatic imine (C=N–C) groups is 1. The summed E-state index contributed by atoms with van der Waals surface area (Å²) in [7, 11) is 9.87. The van der Waals surface area contributed by atoms with E-state index in [0.29, 0.717) is 17.7 Å². The zero-order valence-corrected chi connectivity index (χ0v) is 21.7. The summed E-state index contributed by atoms with van der Waals surface area (Å²) in [6, 6.07) is 14.9. The fourth-order valence-corrected chi connectivity index (χ4v) is 4.09. The Balaban J connectivity index is 0.000000941. The van der Waals surface area contributed by atoms with Crippen LogP contribution in [0.15, 0.2) is 47.5 Å². The summed E-state index contributed by atoms with van der Waals surface area (Å²) < 4.78 is 0. The van der Waals surface area contributed by atoms with Crippen LogP contribution in [-0.4, -0.2) is 17.4 Å². The Morgan fingerprint density at radius 2 is 1.72 bits per heavy atom. The number of nitrogens with zero attached hydrogens (tertiary/aromatic N) is 1. The summed E-state index contributed by atoms with van der Waals surface area (Å²) in [6.07, 6.45) is 6.90. The van der Waals surface area contributed by atoms with Gasteiger partial charge in [-0.05, 0) is 42.9 Å². The molecular formula is C24H31Cl2NOZr. The summed E-state index contributed by atoms with van der Waals surface area (Å²) in [5.74, 6) is 0.990. The molecule has 0 amide bonds. The van der Waals surface area contributed by atoms with Gasteiger partial charge < -0.3 is 5.11 Å². The third-order valence-corrected chi connectivity index (χ3v) is 5.92. The number of aromatic hydroxyl groups is 1. The first-order chi connectivity index (χ1) is 13.8. The number of rotatable bonds is 4. The molecule has 3 rings (SSSR count). The second-order valence-electron chi connectivity index (χ2n) is 8.42. The fraction of sp³-hybridized carbons (Fsp3) is 0.458. The van der Waals surface area contributed by atoms with Crippen molar-refractivity contribution in [3.8, 4) is 5.75 Å². The molecule has 2 nitrogen and oxygen atoms in total. The molecule has 1 N–H and O–H groups in total. The molecular weight excluding hydrogens is 480 g/mol. The molecule has 0 aliphatic heterocycles.